The third-order valence-electron chi connectivity index (χ3n) is 2.95. The number of hydrogen-bond donors (Lipinski definition) is 1. The van der Waals surface area contributed by atoms with Gasteiger partial charge in [0, 0.05) is 23.6 Å². The maximum absolute atomic E-state index is 10.4. The van der Waals surface area contributed by atoms with Gasteiger partial charge in [0.2, 0.25) is 5.75 Å². The number of aromatic nitrogens is 1. The molecule has 20 heavy (non-hydrogen) atoms. The van der Waals surface area contributed by atoms with Crippen molar-refractivity contribution >= 4 is 11.3 Å². The zero-order chi connectivity index (χ0) is 14.5. The van der Waals surface area contributed by atoms with E-state index in [0.29, 0.717) is 29.2 Å². The van der Waals surface area contributed by atoms with E-state index in [2.05, 4.69) is 4.98 Å². The van der Waals surface area contributed by atoms with Crippen LogP contribution in [-0.2, 0) is 6.42 Å². The molecule has 2 rings (SSSR count). The molecule has 0 fully saturated rings. The lowest BCUT2D eigenvalue weighted by Crippen LogP contribution is -2.06. The molecule has 0 spiro atoms. The number of hydrogen-bond acceptors (Lipinski definition) is 6. The van der Waals surface area contributed by atoms with Crippen LogP contribution in [-0.4, -0.2) is 31.4 Å². The summed E-state index contributed by atoms with van der Waals surface area (Å²) in [5, 5.41) is 13.1. The van der Waals surface area contributed by atoms with E-state index >= 15 is 0 Å². The second-order valence-electron chi connectivity index (χ2n) is 4.07. The van der Waals surface area contributed by atoms with Gasteiger partial charge in [0.1, 0.15) is 0 Å². The van der Waals surface area contributed by atoms with Gasteiger partial charge in [0.15, 0.2) is 11.5 Å². The van der Waals surface area contributed by atoms with Crippen molar-refractivity contribution in [1.29, 1.82) is 0 Å². The lowest BCUT2D eigenvalue weighted by molar-refractivity contribution is 0.172. The molecule has 5 nitrogen and oxygen atoms in total. The first-order valence-electron chi connectivity index (χ1n) is 6.06. The van der Waals surface area contributed by atoms with Gasteiger partial charge in [-0.05, 0) is 12.1 Å². The summed E-state index contributed by atoms with van der Waals surface area (Å²) in [6.45, 7) is 0. The Hall–Kier alpha value is -1.79. The van der Waals surface area contributed by atoms with Gasteiger partial charge in [0.05, 0.1) is 32.4 Å². The van der Waals surface area contributed by atoms with E-state index in [4.69, 9.17) is 14.2 Å². The quantitative estimate of drug-likeness (QED) is 0.887. The molecule has 0 amide bonds. The summed E-state index contributed by atoms with van der Waals surface area (Å²) < 4.78 is 15.9. The van der Waals surface area contributed by atoms with Gasteiger partial charge in [-0.2, -0.15) is 0 Å². The molecule has 0 bridgehead atoms. The highest BCUT2D eigenvalue weighted by molar-refractivity contribution is 7.09. The van der Waals surface area contributed by atoms with Crippen molar-refractivity contribution in [2.75, 3.05) is 21.3 Å². The van der Waals surface area contributed by atoms with Crippen LogP contribution in [0.4, 0.5) is 0 Å². The zero-order valence-electron chi connectivity index (χ0n) is 11.6. The highest BCUT2D eigenvalue weighted by atomic mass is 32.1. The predicted molar refractivity (Wildman–Crippen MR) is 76.9 cm³/mol. The Balaban J connectivity index is 2.35. The Kier molecular flexibility index (Phi) is 4.81. The lowest BCUT2D eigenvalue weighted by Gasteiger charge is -2.18. The van der Waals surface area contributed by atoms with Crippen molar-refractivity contribution in [3.05, 3.63) is 34.3 Å². The number of aliphatic hydroxyl groups excluding tert-OH is 1. The molecular formula is C14H17NO4S. The molecule has 6 heteroatoms. The normalized spacial score (nSPS) is 12.0. The maximum Gasteiger partial charge on any atom is 0.203 e. The minimum absolute atomic E-state index is 0.434. The van der Waals surface area contributed by atoms with Crippen LogP contribution < -0.4 is 14.2 Å². The highest BCUT2D eigenvalue weighted by Gasteiger charge is 2.21. The SMILES string of the molecule is COc1ccc(C(O)Cc2nccs2)c(OC)c1OC. The van der Waals surface area contributed by atoms with E-state index < -0.39 is 6.10 Å². The van der Waals surface area contributed by atoms with E-state index in [9.17, 15) is 5.11 Å². The Morgan fingerprint density at radius 1 is 1.15 bits per heavy atom. The first-order valence-corrected chi connectivity index (χ1v) is 6.94. The molecule has 0 aliphatic carbocycles. The van der Waals surface area contributed by atoms with Crippen LogP contribution in [0.2, 0.25) is 0 Å². The summed E-state index contributed by atoms with van der Waals surface area (Å²) in [6.07, 6.45) is 1.44. The summed E-state index contributed by atoms with van der Waals surface area (Å²) in [5.41, 5.74) is 0.653. The molecular weight excluding hydrogens is 278 g/mol. The Morgan fingerprint density at radius 3 is 2.45 bits per heavy atom. The standard InChI is InChI=1S/C14H17NO4S/c1-17-11-5-4-9(13(18-2)14(11)19-3)10(16)8-12-15-6-7-20-12/h4-7,10,16H,8H2,1-3H3. The lowest BCUT2D eigenvalue weighted by atomic mass is 10.0. The van der Waals surface area contributed by atoms with Crippen molar-refractivity contribution in [2.45, 2.75) is 12.5 Å². The van der Waals surface area contributed by atoms with Crippen molar-refractivity contribution < 1.29 is 19.3 Å². The van der Waals surface area contributed by atoms with Crippen LogP contribution in [0.5, 0.6) is 17.2 Å². The summed E-state index contributed by atoms with van der Waals surface area (Å²) in [6, 6.07) is 3.53. The molecule has 1 aromatic heterocycles. The topological polar surface area (TPSA) is 60.8 Å². The number of benzene rings is 1. The van der Waals surface area contributed by atoms with Crippen molar-refractivity contribution in [3.8, 4) is 17.2 Å². The van der Waals surface area contributed by atoms with Crippen LogP contribution in [0.15, 0.2) is 23.7 Å². The first kappa shape index (κ1) is 14.6. The van der Waals surface area contributed by atoms with Crippen molar-refractivity contribution in [1.82, 2.24) is 4.98 Å². The van der Waals surface area contributed by atoms with E-state index in [1.54, 1.807) is 25.4 Å². The Morgan fingerprint density at radius 2 is 1.90 bits per heavy atom. The number of nitrogens with zero attached hydrogens (tertiary/aromatic N) is 1. The monoisotopic (exact) mass is 295 g/mol. The van der Waals surface area contributed by atoms with E-state index in [-0.39, 0.29) is 0 Å². The van der Waals surface area contributed by atoms with Crippen LogP contribution in [0.25, 0.3) is 0 Å². The van der Waals surface area contributed by atoms with Crippen LogP contribution in [0, 0.1) is 0 Å². The van der Waals surface area contributed by atoms with Crippen molar-refractivity contribution in [2.24, 2.45) is 0 Å². The largest absolute Gasteiger partial charge is 0.493 e. The number of thiazole rings is 1. The van der Waals surface area contributed by atoms with Crippen LogP contribution in [0.1, 0.15) is 16.7 Å². The first-order chi connectivity index (χ1) is 9.71. The summed E-state index contributed by atoms with van der Waals surface area (Å²) >= 11 is 1.51. The zero-order valence-corrected chi connectivity index (χ0v) is 12.4. The molecule has 1 aromatic carbocycles. The second-order valence-corrected chi connectivity index (χ2v) is 5.05. The fourth-order valence-corrected chi connectivity index (χ4v) is 2.67. The molecule has 1 N–H and O–H groups in total. The van der Waals surface area contributed by atoms with Gasteiger partial charge in [0.25, 0.3) is 0 Å². The number of methoxy groups -OCH3 is 3. The second kappa shape index (κ2) is 6.58. The fourth-order valence-electron chi connectivity index (χ4n) is 2.02. The predicted octanol–water partition coefficient (Wildman–Crippen LogP) is 2.45. The molecule has 2 aromatic rings. The molecule has 0 radical (unpaired) electrons. The molecule has 0 saturated carbocycles. The molecule has 0 aliphatic heterocycles. The minimum atomic E-state index is -0.712. The van der Waals surface area contributed by atoms with Crippen molar-refractivity contribution in [3.63, 3.8) is 0 Å². The van der Waals surface area contributed by atoms with Gasteiger partial charge >= 0.3 is 0 Å². The fraction of sp³-hybridized carbons (Fsp3) is 0.357. The minimum Gasteiger partial charge on any atom is -0.493 e. The molecule has 1 unspecified atom stereocenters. The summed E-state index contributed by atoms with van der Waals surface area (Å²) in [4.78, 5) is 4.18. The molecule has 0 saturated heterocycles. The van der Waals surface area contributed by atoms with E-state index in [1.165, 1.54) is 25.6 Å². The average Bonchev–Trinajstić information content (AvgIpc) is 2.98. The van der Waals surface area contributed by atoms with Crippen LogP contribution in [0.3, 0.4) is 0 Å². The molecule has 0 aliphatic rings. The van der Waals surface area contributed by atoms with Gasteiger partial charge in [-0.15, -0.1) is 11.3 Å². The summed E-state index contributed by atoms with van der Waals surface area (Å²) in [7, 11) is 4.64. The Bertz CT molecular complexity index is 557. The smallest absolute Gasteiger partial charge is 0.203 e. The van der Waals surface area contributed by atoms with Gasteiger partial charge in [-0.1, -0.05) is 0 Å². The third-order valence-corrected chi connectivity index (χ3v) is 3.75. The Labute approximate surface area is 121 Å². The van der Waals surface area contributed by atoms with E-state index in [1.807, 2.05) is 5.38 Å². The molecule has 1 atom stereocenters. The number of rotatable bonds is 6. The van der Waals surface area contributed by atoms with Gasteiger partial charge in [-0.3, -0.25) is 0 Å². The number of aliphatic hydroxyl groups is 1. The van der Waals surface area contributed by atoms with Gasteiger partial charge in [-0.25, -0.2) is 4.98 Å². The average molecular weight is 295 g/mol. The van der Waals surface area contributed by atoms with Gasteiger partial charge < -0.3 is 19.3 Å². The molecule has 108 valence electrons. The summed E-state index contributed by atoms with van der Waals surface area (Å²) in [5.74, 6) is 1.52. The molecule has 1 heterocycles. The number of ether oxygens (including phenoxy) is 3. The highest BCUT2D eigenvalue weighted by Crippen LogP contribution is 2.42. The maximum atomic E-state index is 10.4. The van der Waals surface area contributed by atoms with E-state index in [0.717, 1.165) is 5.01 Å². The van der Waals surface area contributed by atoms with Crippen LogP contribution >= 0.6 is 11.3 Å². The third kappa shape index (κ3) is 2.86.